The number of ether oxygens (including phenoxy) is 2. The quantitative estimate of drug-likeness (QED) is 0.881. The third kappa shape index (κ3) is 5.31. The standard InChI is InChI=1S/C21H24N2O4/c1-15-10-16(2)12-19(11-15)27-14-20(24)22-18-5-3-4-17(13-18)21(25)23-6-8-26-9-7-23/h3-5,10-13H,6-9,14H2,1-2H3,(H,22,24). The van der Waals surface area contributed by atoms with Crippen LogP contribution >= 0.6 is 0 Å². The number of benzene rings is 2. The van der Waals surface area contributed by atoms with Gasteiger partial charge in [-0.25, -0.2) is 0 Å². The molecule has 2 amide bonds. The maximum Gasteiger partial charge on any atom is 0.262 e. The second kappa shape index (κ2) is 8.68. The molecule has 0 aromatic heterocycles. The summed E-state index contributed by atoms with van der Waals surface area (Å²) in [6.07, 6.45) is 0. The van der Waals surface area contributed by atoms with Crippen LogP contribution in [0.4, 0.5) is 5.69 Å². The number of amides is 2. The minimum absolute atomic E-state index is 0.0547. The molecule has 6 nitrogen and oxygen atoms in total. The molecule has 0 radical (unpaired) electrons. The predicted molar refractivity (Wildman–Crippen MR) is 103 cm³/mol. The average Bonchev–Trinajstić information content (AvgIpc) is 2.66. The van der Waals surface area contributed by atoms with Crippen LogP contribution in [0.5, 0.6) is 5.75 Å². The van der Waals surface area contributed by atoms with E-state index < -0.39 is 0 Å². The Morgan fingerprint density at radius 1 is 1.07 bits per heavy atom. The van der Waals surface area contributed by atoms with Crippen molar-refractivity contribution in [3.8, 4) is 5.75 Å². The fourth-order valence-electron chi connectivity index (χ4n) is 3.04. The van der Waals surface area contributed by atoms with Gasteiger partial charge < -0.3 is 19.7 Å². The van der Waals surface area contributed by atoms with Gasteiger partial charge in [0.25, 0.3) is 11.8 Å². The minimum Gasteiger partial charge on any atom is -0.484 e. The molecule has 0 spiro atoms. The summed E-state index contributed by atoms with van der Waals surface area (Å²) in [6, 6.07) is 12.8. The number of carbonyl (C=O) groups excluding carboxylic acids is 2. The summed E-state index contributed by atoms with van der Waals surface area (Å²) in [5.41, 5.74) is 3.28. The van der Waals surface area contributed by atoms with Gasteiger partial charge in [0.15, 0.2) is 6.61 Å². The fraction of sp³-hybridized carbons (Fsp3) is 0.333. The topological polar surface area (TPSA) is 67.9 Å². The first kappa shape index (κ1) is 18.9. The number of hydrogen-bond acceptors (Lipinski definition) is 4. The fourth-order valence-corrected chi connectivity index (χ4v) is 3.04. The largest absolute Gasteiger partial charge is 0.484 e. The molecule has 0 bridgehead atoms. The van der Waals surface area contributed by atoms with Crippen molar-refractivity contribution in [2.45, 2.75) is 13.8 Å². The monoisotopic (exact) mass is 368 g/mol. The zero-order chi connectivity index (χ0) is 19.2. The molecule has 0 aliphatic carbocycles. The lowest BCUT2D eigenvalue weighted by Crippen LogP contribution is -2.40. The maximum atomic E-state index is 12.5. The van der Waals surface area contributed by atoms with Crippen LogP contribution in [0.1, 0.15) is 21.5 Å². The lowest BCUT2D eigenvalue weighted by atomic mass is 10.1. The molecule has 0 saturated carbocycles. The SMILES string of the molecule is Cc1cc(C)cc(OCC(=O)Nc2cccc(C(=O)N3CCOCC3)c2)c1. The molecule has 1 fully saturated rings. The molecule has 1 heterocycles. The van der Waals surface area contributed by atoms with Crippen LogP contribution in [0.15, 0.2) is 42.5 Å². The number of hydrogen-bond donors (Lipinski definition) is 1. The van der Waals surface area contributed by atoms with Crippen LogP contribution in [0.2, 0.25) is 0 Å². The molecular formula is C21H24N2O4. The summed E-state index contributed by atoms with van der Waals surface area (Å²) in [5, 5.41) is 2.78. The van der Waals surface area contributed by atoms with Crippen molar-refractivity contribution < 1.29 is 19.1 Å². The van der Waals surface area contributed by atoms with E-state index in [1.165, 1.54) is 0 Å². The molecule has 0 unspecified atom stereocenters. The predicted octanol–water partition coefficient (Wildman–Crippen LogP) is 2.79. The van der Waals surface area contributed by atoms with E-state index in [-0.39, 0.29) is 18.4 Å². The number of carbonyl (C=O) groups is 2. The van der Waals surface area contributed by atoms with Crippen molar-refractivity contribution in [2.24, 2.45) is 0 Å². The van der Waals surface area contributed by atoms with Crippen molar-refractivity contribution in [2.75, 3.05) is 38.2 Å². The van der Waals surface area contributed by atoms with Crippen LogP contribution < -0.4 is 10.1 Å². The van der Waals surface area contributed by atoms with Crippen molar-refractivity contribution in [1.29, 1.82) is 0 Å². The molecule has 1 aliphatic heterocycles. The van der Waals surface area contributed by atoms with E-state index in [4.69, 9.17) is 9.47 Å². The van der Waals surface area contributed by atoms with Gasteiger partial charge in [0.2, 0.25) is 0 Å². The lowest BCUT2D eigenvalue weighted by Gasteiger charge is -2.27. The third-order valence-electron chi connectivity index (χ3n) is 4.26. The number of rotatable bonds is 5. The highest BCUT2D eigenvalue weighted by atomic mass is 16.5. The smallest absolute Gasteiger partial charge is 0.262 e. The Morgan fingerprint density at radius 3 is 2.48 bits per heavy atom. The first-order valence-electron chi connectivity index (χ1n) is 8.99. The highest BCUT2D eigenvalue weighted by Gasteiger charge is 2.18. The van der Waals surface area contributed by atoms with Crippen LogP contribution in [0.25, 0.3) is 0 Å². The second-order valence-electron chi connectivity index (χ2n) is 6.65. The van der Waals surface area contributed by atoms with Gasteiger partial charge in [-0.3, -0.25) is 9.59 Å². The summed E-state index contributed by atoms with van der Waals surface area (Å²) in [7, 11) is 0. The zero-order valence-electron chi connectivity index (χ0n) is 15.7. The number of nitrogens with one attached hydrogen (secondary N) is 1. The van der Waals surface area contributed by atoms with Crippen molar-refractivity contribution >= 4 is 17.5 Å². The van der Waals surface area contributed by atoms with Gasteiger partial charge in [0, 0.05) is 24.3 Å². The Morgan fingerprint density at radius 2 is 1.78 bits per heavy atom. The summed E-state index contributed by atoms with van der Waals surface area (Å²) < 4.78 is 10.8. The van der Waals surface area contributed by atoms with Crippen LogP contribution in [0.3, 0.4) is 0 Å². The average molecular weight is 368 g/mol. The van der Waals surface area contributed by atoms with E-state index in [1.807, 2.05) is 32.0 Å². The molecule has 142 valence electrons. The molecule has 3 rings (SSSR count). The Labute approximate surface area is 159 Å². The van der Waals surface area contributed by atoms with E-state index in [9.17, 15) is 9.59 Å². The maximum absolute atomic E-state index is 12.5. The summed E-state index contributed by atoms with van der Waals surface area (Å²) in [4.78, 5) is 26.5. The minimum atomic E-state index is -0.273. The van der Waals surface area contributed by atoms with Gasteiger partial charge in [-0.1, -0.05) is 12.1 Å². The van der Waals surface area contributed by atoms with Crippen LogP contribution in [-0.2, 0) is 9.53 Å². The van der Waals surface area contributed by atoms with Gasteiger partial charge in [0.1, 0.15) is 5.75 Å². The third-order valence-corrected chi connectivity index (χ3v) is 4.26. The lowest BCUT2D eigenvalue weighted by molar-refractivity contribution is -0.118. The van der Waals surface area contributed by atoms with E-state index in [2.05, 4.69) is 5.32 Å². The Hall–Kier alpha value is -2.86. The van der Waals surface area contributed by atoms with Crippen molar-refractivity contribution in [3.63, 3.8) is 0 Å². The number of morpholine rings is 1. The van der Waals surface area contributed by atoms with E-state index >= 15 is 0 Å². The van der Waals surface area contributed by atoms with Crippen molar-refractivity contribution in [1.82, 2.24) is 4.90 Å². The van der Waals surface area contributed by atoms with Crippen LogP contribution in [-0.4, -0.2) is 49.6 Å². The number of aryl methyl sites for hydroxylation is 2. The molecule has 6 heteroatoms. The van der Waals surface area contributed by atoms with Gasteiger partial charge in [-0.05, 0) is 55.3 Å². The summed E-state index contributed by atoms with van der Waals surface area (Å²) in [6.45, 7) is 6.15. The zero-order valence-corrected chi connectivity index (χ0v) is 15.7. The highest BCUT2D eigenvalue weighted by Crippen LogP contribution is 2.17. The van der Waals surface area contributed by atoms with Crippen LogP contribution in [0, 0.1) is 13.8 Å². The molecule has 0 atom stereocenters. The van der Waals surface area contributed by atoms with Gasteiger partial charge >= 0.3 is 0 Å². The molecular weight excluding hydrogens is 344 g/mol. The van der Waals surface area contributed by atoms with Crippen molar-refractivity contribution in [3.05, 3.63) is 59.2 Å². The molecule has 27 heavy (non-hydrogen) atoms. The van der Waals surface area contributed by atoms with Gasteiger partial charge in [-0.2, -0.15) is 0 Å². The molecule has 1 aliphatic rings. The number of anilines is 1. The summed E-state index contributed by atoms with van der Waals surface area (Å²) >= 11 is 0. The van der Waals surface area contributed by atoms with Gasteiger partial charge in [-0.15, -0.1) is 0 Å². The Bertz CT molecular complexity index is 808. The van der Waals surface area contributed by atoms with E-state index in [0.29, 0.717) is 43.3 Å². The van der Waals surface area contributed by atoms with E-state index in [1.54, 1.807) is 29.2 Å². The van der Waals surface area contributed by atoms with Gasteiger partial charge in [0.05, 0.1) is 13.2 Å². The normalized spacial score (nSPS) is 13.9. The molecule has 2 aromatic carbocycles. The summed E-state index contributed by atoms with van der Waals surface area (Å²) in [5.74, 6) is 0.338. The molecule has 2 aromatic rings. The second-order valence-corrected chi connectivity index (χ2v) is 6.65. The molecule has 1 N–H and O–H groups in total. The molecule has 1 saturated heterocycles. The van der Waals surface area contributed by atoms with E-state index in [0.717, 1.165) is 11.1 Å². The Balaban J connectivity index is 1.58. The highest BCUT2D eigenvalue weighted by molar-refractivity contribution is 5.97. The first-order chi connectivity index (χ1) is 13.0. The number of nitrogens with zero attached hydrogens (tertiary/aromatic N) is 1. The Kier molecular flexibility index (Phi) is 6.08. The first-order valence-corrected chi connectivity index (χ1v) is 8.99.